The second-order valence-corrected chi connectivity index (χ2v) is 5.64. The molecule has 0 unspecified atom stereocenters. The fourth-order valence-electron chi connectivity index (χ4n) is 2.22. The molecule has 1 aromatic carbocycles. The van der Waals surface area contributed by atoms with Gasteiger partial charge in [-0.15, -0.1) is 0 Å². The molecule has 0 bridgehead atoms. The van der Waals surface area contributed by atoms with Crippen molar-refractivity contribution in [3.8, 4) is 0 Å². The van der Waals surface area contributed by atoms with Crippen LogP contribution >= 0.6 is 11.3 Å². The van der Waals surface area contributed by atoms with Crippen LogP contribution in [0.15, 0.2) is 41.1 Å². The minimum absolute atomic E-state index is 0.619. The number of rotatable bonds is 5. The van der Waals surface area contributed by atoms with Gasteiger partial charge in [0.15, 0.2) is 0 Å². The molecule has 0 atom stereocenters. The zero-order valence-electron chi connectivity index (χ0n) is 10.4. The Hall–Kier alpha value is -1.32. The van der Waals surface area contributed by atoms with Crippen LogP contribution in [0.3, 0.4) is 0 Å². The van der Waals surface area contributed by atoms with Gasteiger partial charge in [-0.2, -0.15) is 11.3 Å². The quantitative estimate of drug-likeness (QED) is 0.891. The number of hydrogen-bond donors (Lipinski definition) is 1. The first-order valence-corrected chi connectivity index (χ1v) is 7.38. The van der Waals surface area contributed by atoms with E-state index in [9.17, 15) is 0 Å². The van der Waals surface area contributed by atoms with Gasteiger partial charge in [-0.05, 0) is 52.9 Å². The molecule has 2 N–H and O–H groups in total. The fourth-order valence-corrected chi connectivity index (χ4v) is 2.88. The zero-order chi connectivity index (χ0) is 12.4. The molecule has 0 radical (unpaired) electrons. The van der Waals surface area contributed by atoms with Crippen LogP contribution in [-0.2, 0) is 13.1 Å². The molecule has 0 amide bonds. The van der Waals surface area contributed by atoms with Gasteiger partial charge < -0.3 is 10.6 Å². The summed E-state index contributed by atoms with van der Waals surface area (Å²) in [5.74, 6) is 0. The van der Waals surface area contributed by atoms with Crippen LogP contribution in [0.4, 0.5) is 5.69 Å². The molecule has 1 aromatic heterocycles. The van der Waals surface area contributed by atoms with E-state index in [2.05, 4.69) is 46.0 Å². The molecule has 0 spiro atoms. The van der Waals surface area contributed by atoms with Crippen molar-refractivity contribution in [3.05, 3.63) is 52.2 Å². The highest BCUT2D eigenvalue weighted by atomic mass is 32.1. The SMILES string of the molecule is NCc1ccc(N(Cc2ccsc2)C2CC2)cc1. The van der Waals surface area contributed by atoms with Crippen molar-refractivity contribution in [2.75, 3.05) is 4.90 Å². The number of nitrogens with two attached hydrogens (primary N) is 1. The summed E-state index contributed by atoms with van der Waals surface area (Å²) in [6.45, 7) is 1.64. The molecule has 0 saturated heterocycles. The minimum atomic E-state index is 0.619. The van der Waals surface area contributed by atoms with E-state index in [1.807, 2.05) is 0 Å². The Morgan fingerprint density at radius 2 is 1.89 bits per heavy atom. The molecule has 2 nitrogen and oxygen atoms in total. The molecular weight excluding hydrogens is 240 g/mol. The van der Waals surface area contributed by atoms with E-state index in [-0.39, 0.29) is 0 Å². The van der Waals surface area contributed by atoms with Crippen LogP contribution < -0.4 is 10.6 Å². The number of thiophene rings is 1. The summed E-state index contributed by atoms with van der Waals surface area (Å²) >= 11 is 1.77. The summed E-state index contributed by atoms with van der Waals surface area (Å²) in [6, 6.07) is 11.6. The molecule has 2 aromatic rings. The third-order valence-corrected chi connectivity index (χ3v) is 4.16. The highest BCUT2D eigenvalue weighted by molar-refractivity contribution is 7.07. The van der Waals surface area contributed by atoms with E-state index >= 15 is 0 Å². The lowest BCUT2D eigenvalue weighted by molar-refractivity contribution is 0.796. The van der Waals surface area contributed by atoms with Crippen LogP contribution in [0.2, 0.25) is 0 Å². The molecule has 3 rings (SSSR count). The first-order valence-electron chi connectivity index (χ1n) is 6.43. The normalized spacial score (nSPS) is 14.7. The van der Waals surface area contributed by atoms with Gasteiger partial charge in [0.2, 0.25) is 0 Å². The first-order chi connectivity index (χ1) is 8.86. The summed E-state index contributed by atoms with van der Waals surface area (Å²) in [4.78, 5) is 2.52. The Kier molecular flexibility index (Phi) is 3.35. The predicted molar refractivity (Wildman–Crippen MR) is 77.9 cm³/mol. The third kappa shape index (κ3) is 2.57. The number of hydrogen-bond acceptors (Lipinski definition) is 3. The average Bonchev–Trinajstić information content (AvgIpc) is 3.13. The van der Waals surface area contributed by atoms with E-state index < -0.39 is 0 Å². The van der Waals surface area contributed by atoms with Crippen molar-refractivity contribution >= 4 is 17.0 Å². The smallest absolute Gasteiger partial charge is 0.0440 e. The van der Waals surface area contributed by atoms with Crippen LogP contribution in [0.1, 0.15) is 24.0 Å². The van der Waals surface area contributed by atoms with Crippen molar-refractivity contribution < 1.29 is 0 Å². The van der Waals surface area contributed by atoms with Crippen molar-refractivity contribution in [3.63, 3.8) is 0 Å². The van der Waals surface area contributed by atoms with Gasteiger partial charge in [0.1, 0.15) is 0 Å². The number of benzene rings is 1. The highest BCUT2D eigenvalue weighted by Crippen LogP contribution is 2.33. The second kappa shape index (κ2) is 5.12. The van der Waals surface area contributed by atoms with Crippen molar-refractivity contribution in [1.82, 2.24) is 0 Å². The first kappa shape index (κ1) is 11.8. The Bertz CT molecular complexity index is 486. The Morgan fingerprint density at radius 1 is 1.11 bits per heavy atom. The largest absolute Gasteiger partial charge is 0.364 e. The van der Waals surface area contributed by atoms with Gasteiger partial charge in [-0.3, -0.25) is 0 Å². The van der Waals surface area contributed by atoms with Crippen LogP contribution in [0.5, 0.6) is 0 Å². The second-order valence-electron chi connectivity index (χ2n) is 4.86. The van der Waals surface area contributed by atoms with Gasteiger partial charge in [0, 0.05) is 24.8 Å². The van der Waals surface area contributed by atoms with Gasteiger partial charge >= 0.3 is 0 Å². The average molecular weight is 258 g/mol. The topological polar surface area (TPSA) is 29.3 Å². The monoisotopic (exact) mass is 258 g/mol. The van der Waals surface area contributed by atoms with Crippen molar-refractivity contribution in [1.29, 1.82) is 0 Å². The molecule has 1 fully saturated rings. The van der Waals surface area contributed by atoms with Gasteiger partial charge in [0.05, 0.1) is 0 Å². The maximum atomic E-state index is 5.65. The standard InChI is InChI=1S/C15H18N2S/c16-9-12-1-3-14(4-2-12)17(15-5-6-15)10-13-7-8-18-11-13/h1-4,7-8,11,15H,5-6,9-10,16H2. The number of anilines is 1. The molecule has 94 valence electrons. The van der Waals surface area contributed by atoms with Gasteiger partial charge in [0.25, 0.3) is 0 Å². The summed E-state index contributed by atoms with van der Waals surface area (Å²) < 4.78 is 0. The van der Waals surface area contributed by atoms with Crippen LogP contribution in [-0.4, -0.2) is 6.04 Å². The maximum Gasteiger partial charge on any atom is 0.0440 e. The predicted octanol–water partition coefficient (Wildman–Crippen LogP) is 3.38. The van der Waals surface area contributed by atoms with Gasteiger partial charge in [-0.25, -0.2) is 0 Å². The lowest BCUT2D eigenvalue weighted by Crippen LogP contribution is -2.24. The van der Waals surface area contributed by atoms with Crippen molar-refractivity contribution in [2.45, 2.75) is 32.0 Å². The molecular formula is C15H18N2S. The van der Waals surface area contributed by atoms with E-state index in [1.54, 1.807) is 11.3 Å². The molecule has 1 aliphatic rings. The molecule has 1 saturated carbocycles. The van der Waals surface area contributed by atoms with Crippen LogP contribution in [0.25, 0.3) is 0 Å². The summed E-state index contributed by atoms with van der Waals surface area (Å²) in [5, 5.41) is 4.39. The zero-order valence-corrected chi connectivity index (χ0v) is 11.2. The highest BCUT2D eigenvalue weighted by Gasteiger charge is 2.29. The Morgan fingerprint density at radius 3 is 2.44 bits per heavy atom. The number of nitrogens with zero attached hydrogens (tertiary/aromatic N) is 1. The molecule has 3 heteroatoms. The molecule has 0 aliphatic heterocycles. The molecule has 1 heterocycles. The van der Waals surface area contributed by atoms with Crippen molar-refractivity contribution in [2.24, 2.45) is 5.73 Å². The van der Waals surface area contributed by atoms with E-state index in [0.29, 0.717) is 6.54 Å². The summed E-state index contributed by atoms with van der Waals surface area (Å²) in [6.07, 6.45) is 2.64. The molecule has 1 aliphatic carbocycles. The Labute approximate surface area is 112 Å². The minimum Gasteiger partial charge on any atom is -0.364 e. The summed E-state index contributed by atoms with van der Waals surface area (Å²) in [5.41, 5.74) is 9.58. The fraction of sp³-hybridized carbons (Fsp3) is 0.333. The van der Waals surface area contributed by atoms with E-state index in [0.717, 1.165) is 12.6 Å². The van der Waals surface area contributed by atoms with Crippen LogP contribution in [0, 0.1) is 0 Å². The Balaban J connectivity index is 1.80. The van der Waals surface area contributed by atoms with Gasteiger partial charge in [-0.1, -0.05) is 12.1 Å². The maximum absolute atomic E-state index is 5.65. The summed E-state index contributed by atoms with van der Waals surface area (Å²) in [7, 11) is 0. The third-order valence-electron chi connectivity index (χ3n) is 3.42. The van der Waals surface area contributed by atoms with E-state index in [1.165, 1.54) is 29.7 Å². The lowest BCUT2D eigenvalue weighted by atomic mass is 10.2. The lowest BCUT2D eigenvalue weighted by Gasteiger charge is -2.24. The van der Waals surface area contributed by atoms with E-state index in [4.69, 9.17) is 5.73 Å². The molecule has 18 heavy (non-hydrogen) atoms.